The van der Waals surface area contributed by atoms with E-state index in [1.807, 2.05) is 0 Å². The summed E-state index contributed by atoms with van der Waals surface area (Å²) in [7, 11) is 0. The number of hydrogen-bond donors (Lipinski definition) is 3. The zero-order chi connectivity index (χ0) is 18.0. The number of aliphatic hydroxyl groups excluding tert-OH is 1. The van der Waals surface area contributed by atoms with E-state index >= 15 is 0 Å². The average Bonchev–Trinajstić information content (AvgIpc) is 2.94. The summed E-state index contributed by atoms with van der Waals surface area (Å²) in [6.45, 7) is 2.23. The van der Waals surface area contributed by atoms with Crippen LogP contribution in [0.4, 0.5) is 5.82 Å². The second-order valence-electron chi connectivity index (χ2n) is 7.09. The predicted octanol–water partition coefficient (Wildman–Crippen LogP) is 1.41. The van der Waals surface area contributed by atoms with Gasteiger partial charge in [-0.2, -0.15) is 9.97 Å². The molecule has 8 nitrogen and oxygen atoms in total. The topological polar surface area (TPSA) is 134 Å². The fraction of sp³-hybridized carbons (Fsp3) is 0.706. The van der Waals surface area contributed by atoms with Gasteiger partial charge < -0.3 is 26.0 Å². The van der Waals surface area contributed by atoms with Crippen LogP contribution < -0.4 is 20.9 Å². The molecule has 0 radical (unpaired) electrons. The average molecular weight is 350 g/mol. The molecular weight excluding hydrogens is 324 g/mol. The minimum atomic E-state index is -0.766. The molecule has 2 aliphatic rings. The molecule has 0 saturated heterocycles. The molecule has 0 aromatic carbocycles. The van der Waals surface area contributed by atoms with Crippen LogP contribution in [0.1, 0.15) is 62.2 Å². The maximum atomic E-state index is 11.7. The molecule has 1 aromatic heterocycles. The number of nitrogen functional groups attached to an aromatic ring is 1. The van der Waals surface area contributed by atoms with Crippen molar-refractivity contribution in [3.05, 3.63) is 5.56 Å². The van der Waals surface area contributed by atoms with Crippen molar-refractivity contribution in [3.63, 3.8) is 0 Å². The number of carbonyl (C=O) groups is 1. The third kappa shape index (κ3) is 4.12. The van der Waals surface area contributed by atoms with Crippen molar-refractivity contribution in [1.82, 2.24) is 9.97 Å². The van der Waals surface area contributed by atoms with E-state index in [4.69, 9.17) is 20.9 Å². The first-order valence-corrected chi connectivity index (χ1v) is 8.92. The first kappa shape index (κ1) is 17.7. The van der Waals surface area contributed by atoms with Crippen LogP contribution in [0.15, 0.2) is 0 Å². The van der Waals surface area contributed by atoms with E-state index in [-0.39, 0.29) is 29.4 Å². The molecule has 1 aromatic rings. The van der Waals surface area contributed by atoms with Crippen molar-refractivity contribution in [2.45, 2.75) is 70.2 Å². The number of aliphatic hydroxyl groups is 1. The van der Waals surface area contributed by atoms with Gasteiger partial charge in [0.1, 0.15) is 23.6 Å². The van der Waals surface area contributed by atoms with Gasteiger partial charge in [-0.3, -0.25) is 4.79 Å². The molecule has 1 heterocycles. The summed E-state index contributed by atoms with van der Waals surface area (Å²) in [6, 6.07) is 0.0875. The van der Waals surface area contributed by atoms with E-state index in [2.05, 4.69) is 16.9 Å². The molecular formula is C17H26N4O4. The van der Waals surface area contributed by atoms with Gasteiger partial charge in [0.05, 0.1) is 6.10 Å². The third-order valence-electron chi connectivity index (χ3n) is 5.05. The summed E-state index contributed by atoms with van der Waals surface area (Å²) in [6.07, 6.45) is 5.23. The van der Waals surface area contributed by atoms with Gasteiger partial charge in [-0.15, -0.1) is 0 Å². The molecule has 25 heavy (non-hydrogen) atoms. The molecule has 0 bridgehead atoms. The summed E-state index contributed by atoms with van der Waals surface area (Å²) in [5.74, 6) is -0.141. The smallest absolute Gasteiger partial charge is 0.322 e. The first-order valence-electron chi connectivity index (χ1n) is 8.92. The van der Waals surface area contributed by atoms with Gasteiger partial charge in [-0.1, -0.05) is 6.92 Å². The highest BCUT2D eigenvalue weighted by Gasteiger charge is 2.30. The monoisotopic (exact) mass is 350 g/mol. The van der Waals surface area contributed by atoms with Crippen LogP contribution in [-0.4, -0.2) is 39.3 Å². The molecule has 2 atom stereocenters. The van der Waals surface area contributed by atoms with Gasteiger partial charge in [-0.25, -0.2) is 0 Å². The van der Waals surface area contributed by atoms with Gasteiger partial charge in [0.2, 0.25) is 5.88 Å². The van der Waals surface area contributed by atoms with Crippen molar-refractivity contribution >= 4 is 11.7 Å². The van der Waals surface area contributed by atoms with Crippen LogP contribution in [0.2, 0.25) is 0 Å². The summed E-state index contributed by atoms with van der Waals surface area (Å²) >= 11 is 0. The number of rotatable bonds is 5. The summed E-state index contributed by atoms with van der Waals surface area (Å²) in [5, 5.41) is 9.96. The summed E-state index contributed by atoms with van der Waals surface area (Å²) in [4.78, 5) is 20.0. The second kappa shape index (κ2) is 7.43. The summed E-state index contributed by atoms with van der Waals surface area (Å²) < 4.78 is 11.6. The number of nitrogens with two attached hydrogens (primary N) is 2. The Kier molecular flexibility index (Phi) is 5.27. The van der Waals surface area contributed by atoms with Gasteiger partial charge in [0, 0.05) is 0 Å². The molecule has 2 fully saturated rings. The molecule has 3 rings (SSSR count). The van der Waals surface area contributed by atoms with Gasteiger partial charge in [0.25, 0.3) is 5.91 Å². The molecule has 1 amide bonds. The van der Waals surface area contributed by atoms with Crippen LogP contribution in [0, 0.1) is 5.92 Å². The van der Waals surface area contributed by atoms with Crippen LogP contribution in [0.25, 0.3) is 0 Å². The van der Waals surface area contributed by atoms with E-state index in [0.717, 1.165) is 32.1 Å². The quantitative estimate of drug-likeness (QED) is 0.731. The molecule has 5 N–H and O–H groups in total. The normalized spacial score (nSPS) is 29.4. The van der Waals surface area contributed by atoms with Crippen molar-refractivity contribution in [3.8, 4) is 11.9 Å². The van der Waals surface area contributed by atoms with Crippen molar-refractivity contribution in [2.75, 3.05) is 5.73 Å². The number of anilines is 1. The van der Waals surface area contributed by atoms with Gasteiger partial charge in [-0.05, 0) is 50.9 Å². The Hall–Kier alpha value is -2.09. The Morgan fingerprint density at radius 1 is 1.12 bits per heavy atom. The number of carbonyl (C=O) groups excluding carboxylic acids is 1. The van der Waals surface area contributed by atoms with Crippen LogP contribution in [0.3, 0.4) is 0 Å². The minimum absolute atomic E-state index is 0.00914. The van der Waals surface area contributed by atoms with Gasteiger partial charge in [0.15, 0.2) is 0 Å². The number of aromatic nitrogens is 2. The number of nitrogens with zero attached hydrogens (tertiary/aromatic N) is 2. The van der Waals surface area contributed by atoms with E-state index in [0.29, 0.717) is 18.8 Å². The Morgan fingerprint density at radius 2 is 1.84 bits per heavy atom. The minimum Gasteiger partial charge on any atom is -0.471 e. The molecule has 8 heteroatoms. The van der Waals surface area contributed by atoms with Crippen LogP contribution in [0.5, 0.6) is 11.9 Å². The molecule has 2 saturated carbocycles. The lowest BCUT2D eigenvalue weighted by Crippen LogP contribution is -2.29. The second-order valence-corrected chi connectivity index (χ2v) is 7.09. The maximum Gasteiger partial charge on any atom is 0.322 e. The standard InChI is InChI=1S/C17H26N4O4/c1-9-5-7-10(8-6-9)24-17-20-14(18)13(15(19)23)16(21-17)25-12-4-2-3-11(12)22/h9-12,22H,2-8H2,1H3,(H2,19,23)(H2,18,20,21)/t9?,10?,11-,12-/m0/s1. The first-order chi connectivity index (χ1) is 11.9. The fourth-order valence-corrected chi connectivity index (χ4v) is 3.49. The molecule has 138 valence electrons. The SMILES string of the molecule is CC1CCC(Oc2nc(N)c(C(N)=O)c(O[C@H]3CCC[C@@H]3O)n2)CC1. The van der Waals surface area contributed by atoms with E-state index < -0.39 is 18.1 Å². The number of ether oxygens (including phenoxy) is 2. The van der Waals surface area contributed by atoms with E-state index in [9.17, 15) is 9.90 Å². The molecule has 2 aliphatic carbocycles. The molecule has 0 unspecified atom stereocenters. The van der Waals surface area contributed by atoms with Crippen LogP contribution in [-0.2, 0) is 0 Å². The number of amides is 1. The highest BCUT2D eigenvalue weighted by atomic mass is 16.5. The number of hydrogen-bond acceptors (Lipinski definition) is 7. The Balaban J connectivity index is 1.81. The largest absolute Gasteiger partial charge is 0.471 e. The van der Waals surface area contributed by atoms with Crippen molar-refractivity contribution in [2.24, 2.45) is 11.7 Å². The predicted molar refractivity (Wildman–Crippen MR) is 91.3 cm³/mol. The Morgan fingerprint density at radius 3 is 2.44 bits per heavy atom. The third-order valence-corrected chi connectivity index (χ3v) is 5.05. The lowest BCUT2D eigenvalue weighted by Gasteiger charge is -2.26. The Bertz CT molecular complexity index is 631. The molecule has 0 spiro atoms. The summed E-state index contributed by atoms with van der Waals surface area (Å²) in [5.41, 5.74) is 11.2. The van der Waals surface area contributed by atoms with E-state index in [1.54, 1.807) is 0 Å². The lowest BCUT2D eigenvalue weighted by molar-refractivity contribution is 0.0547. The highest BCUT2D eigenvalue weighted by Crippen LogP contribution is 2.31. The highest BCUT2D eigenvalue weighted by molar-refractivity contribution is 5.99. The lowest BCUT2D eigenvalue weighted by atomic mass is 9.89. The van der Waals surface area contributed by atoms with Gasteiger partial charge >= 0.3 is 6.01 Å². The van der Waals surface area contributed by atoms with Crippen molar-refractivity contribution < 1.29 is 19.4 Å². The fourth-order valence-electron chi connectivity index (χ4n) is 3.49. The Labute approximate surface area is 146 Å². The van der Waals surface area contributed by atoms with E-state index in [1.165, 1.54) is 0 Å². The maximum absolute atomic E-state index is 11.7. The number of primary amides is 1. The zero-order valence-corrected chi connectivity index (χ0v) is 14.5. The molecule has 0 aliphatic heterocycles. The van der Waals surface area contributed by atoms with Crippen molar-refractivity contribution in [1.29, 1.82) is 0 Å². The zero-order valence-electron chi connectivity index (χ0n) is 14.5. The van der Waals surface area contributed by atoms with Crippen LogP contribution >= 0.6 is 0 Å².